The molecule has 0 N–H and O–H groups in total. The molecule has 7 rings (SSSR count). The fourth-order valence-electron chi connectivity index (χ4n) is 10.7. The van der Waals surface area contributed by atoms with Crippen LogP contribution in [0.2, 0.25) is 0 Å². The van der Waals surface area contributed by atoms with E-state index in [9.17, 15) is 0 Å². The summed E-state index contributed by atoms with van der Waals surface area (Å²) in [5.41, 5.74) is 40.5. The summed E-state index contributed by atoms with van der Waals surface area (Å²) in [6.07, 6.45) is 1.01. The van der Waals surface area contributed by atoms with Gasteiger partial charge in [-0.1, -0.05) is 0 Å². The maximum absolute atomic E-state index is 2.43. The summed E-state index contributed by atoms with van der Waals surface area (Å²) in [5, 5.41) is 5.80. The van der Waals surface area contributed by atoms with Crippen molar-refractivity contribution >= 4 is 21.5 Å². The average molecular weight is 699 g/mol. The number of hydrogen-bond donors (Lipinski definition) is 0. The molecule has 0 saturated heterocycles. The molecular formula is C53H62. The number of fused-ring (bicyclic) bond motifs is 5. The highest BCUT2D eigenvalue weighted by molar-refractivity contribution is 6.27. The number of rotatable bonds is 2. The van der Waals surface area contributed by atoms with Gasteiger partial charge >= 0.3 is 0 Å². The van der Waals surface area contributed by atoms with Gasteiger partial charge in [0.2, 0.25) is 0 Å². The second-order valence-corrected chi connectivity index (χ2v) is 17.4. The quantitative estimate of drug-likeness (QED) is 0.158. The van der Waals surface area contributed by atoms with E-state index in [4.69, 9.17) is 0 Å². The summed E-state index contributed by atoms with van der Waals surface area (Å²) >= 11 is 0. The van der Waals surface area contributed by atoms with E-state index < -0.39 is 0 Å². The summed E-state index contributed by atoms with van der Waals surface area (Å²) in [6.45, 7) is 47.5. The summed E-state index contributed by atoms with van der Waals surface area (Å²) < 4.78 is 0. The zero-order valence-corrected chi connectivity index (χ0v) is 36.7. The molecule has 0 nitrogen and oxygen atoms in total. The predicted molar refractivity (Wildman–Crippen MR) is 235 cm³/mol. The molecule has 0 fully saturated rings. The van der Waals surface area contributed by atoms with Crippen molar-refractivity contribution in [1.29, 1.82) is 0 Å². The van der Waals surface area contributed by atoms with Gasteiger partial charge in [-0.05, 0) is 322 Å². The van der Waals surface area contributed by atoms with Gasteiger partial charge in [-0.25, -0.2) is 0 Å². The Bertz CT molecular complexity index is 2590. The molecule has 0 bridgehead atoms. The summed E-state index contributed by atoms with van der Waals surface area (Å²) in [7, 11) is 0. The number of aryl methyl sites for hydroxylation is 4. The Morgan fingerprint density at radius 2 is 0.396 bits per heavy atom. The molecule has 0 spiro atoms. The van der Waals surface area contributed by atoms with Crippen LogP contribution in [0.25, 0.3) is 54.9 Å². The van der Waals surface area contributed by atoms with Crippen LogP contribution < -0.4 is 0 Å². The predicted octanol–water partition coefficient (Wildman–Crippen LogP) is 15.1. The van der Waals surface area contributed by atoms with E-state index in [1.54, 1.807) is 0 Å². The van der Waals surface area contributed by atoms with E-state index in [-0.39, 0.29) is 0 Å². The molecule has 0 aromatic heterocycles. The van der Waals surface area contributed by atoms with Gasteiger partial charge in [0, 0.05) is 0 Å². The third kappa shape index (κ3) is 4.60. The zero-order valence-electron chi connectivity index (χ0n) is 36.7. The van der Waals surface area contributed by atoms with Crippen molar-refractivity contribution in [2.75, 3.05) is 0 Å². The van der Waals surface area contributed by atoms with Crippen LogP contribution in [0.1, 0.15) is 122 Å². The minimum absolute atomic E-state index is 1.01. The third-order valence-electron chi connectivity index (χ3n) is 15.8. The molecule has 6 aromatic carbocycles. The highest BCUT2D eigenvalue weighted by Gasteiger charge is 2.35. The van der Waals surface area contributed by atoms with Crippen molar-refractivity contribution in [3.63, 3.8) is 0 Å². The van der Waals surface area contributed by atoms with Crippen LogP contribution in [-0.2, 0) is 6.42 Å². The first-order valence-electron chi connectivity index (χ1n) is 20.0. The maximum atomic E-state index is 2.43. The Balaban J connectivity index is 1.92. The molecule has 0 atom stereocenters. The SMILES string of the molecule is Cc1c(C)c(C)c(-c2c3c(C)c(C)c(C)c(C)c3c(-c3c(C)c(C)c(C)c4c3-c3c(C)c(C)c(C)c(C)c3C4)c3c(C)c(C)c(C)c(C)c23)c(C)c1C. The molecule has 274 valence electrons. The highest BCUT2D eigenvalue weighted by atomic mass is 14.4. The van der Waals surface area contributed by atoms with Gasteiger partial charge in [0.1, 0.15) is 0 Å². The third-order valence-corrected chi connectivity index (χ3v) is 15.8. The molecule has 0 radical (unpaired) electrons. The molecular weight excluding hydrogens is 637 g/mol. The van der Waals surface area contributed by atoms with E-state index in [1.807, 2.05) is 0 Å². The van der Waals surface area contributed by atoms with Crippen LogP contribution in [0.15, 0.2) is 0 Å². The summed E-state index contributed by atoms with van der Waals surface area (Å²) in [4.78, 5) is 0. The topological polar surface area (TPSA) is 0 Å². The number of hydrogen-bond acceptors (Lipinski definition) is 0. The van der Waals surface area contributed by atoms with Crippen LogP contribution in [0.3, 0.4) is 0 Å². The van der Waals surface area contributed by atoms with Gasteiger partial charge in [0.15, 0.2) is 0 Å². The standard InChI is InChI=1S/C53H62/c1-22-24(3)34(13)44(35(14)25(22)4)52-46-37(16)27(6)29(8)39(18)48(46)53(49-40(19)30(9)28(7)38(17)47(49)52)50-41(20)31(10)33(12)43-21-42-32(11)23(2)26(5)36(15)45(42)51(43)50/h21H2,1-20H3. The Labute approximate surface area is 321 Å². The molecule has 0 heterocycles. The van der Waals surface area contributed by atoms with Crippen LogP contribution >= 0.6 is 0 Å². The first-order chi connectivity index (χ1) is 24.7. The molecule has 0 aliphatic heterocycles. The Hall–Kier alpha value is -4.16. The smallest absolute Gasteiger partial charge is 0.000766 e. The lowest BCUT2D eigenvalue weighted by atomic mass is 9.72. The molecule has 0 amide bonds. The van der Waals surface area contributed by atoms with Crippen LogP contribution in [0.4, 0.5) is 0 Å². The fraction of sp³-hybridized carbons (Fsp3) is 0.396. The van der Waals surface area contributed by atoms with Crippen molar-refractivity contribution in [3.8, 4) is 33.4 Å². The van der Waals surface area contributed by atoms with Gasteiger partial charge in [0.05, 0.1) is 0 Å². The Morgan fingerprint density at radius 1 is 0.170 bits per heavy atom. The first-order valence-corrected chi connectivity index (χ1v) is 20.0. The van der Waals surface area contributed by atoms with Crippen molar-refractivity contribution in [1.82, 2.24) is 0 Å². The minimum atomic E-state index is 1.01. The minimum Gasteiger partial charge on any atom is -0.0447 e. The Kier molecular flexibility index (Phi) is 8.54. The second-order valence-electron chi connectivity index (χ2n) is 17.4. The molecule has 0 heteroatoms. The van der Waals surface area contributed by atoms with Crippen LogP contribution in [0, 0.1) is 138 Å². The number of benzene rings is 6. The van der Waals surface area contributed by atoms with Gasteiger partial charge in [0.25, 0.3) is 0 Å². The van der Waals surface area contributed by atoms with Gasteiger partial charge < -0.3 is 0 Å². The molecule has 53 heavy (non-hydrogen) atoms. The van der Waals surface area contributed by atoms with Gasteiger partial charge in [-0.15, -0.1) is 0 Å². The molecule has 1 aliphatic rings. The van der Waals surface area contributed by atoms with Crippen molar-refractivity contribution in [2.45, 2.75) is 145 Å². The Morgan fingerprint density at radius 3 is 0.774 bits per heavy atom. The molecule has 0 unspecified atom stereocenters. The van der Waals surface area contributed by atoms with E-state index in [1.165, 1.54) is 177 Å². The molecule has 0 saturated carbocycles. The van der Waals surface area contributed by atoms with E-state index in [2.05, 4.69) is 138 Å². The lowest BCUT2D eigenvalue weighted by Crippen LogP contribution is -2.08. The fourth-order valence-corrected chi connectivity index (χ4v) is 10.7. The highest BCUT2D eigenvalue weighted by Crippen LogP contribution is 2.57. The first kappa shape index (κ1) is 37.2. The van der Waals surface area contributed by atoms with E-state index in [0.29, 0.717) is 0 Å². The maximum Gasteiger partial charge on any atom is -0.000766 e. The molecule has 6 aromatic rings. The van der Waals surface area contributed by atoms with E-state index in [0.717, 1.165) is 6.42 Å². The zero-order chi connectivity index (χ0) is 39.2. The van der Waals surface area contributed by atoms with Crippen molar-refractivity contribution in [2.24, 2.45) is 0 Å². The molecule has 1 aliphatic carbocycles. The second kappa shape index (κ2) is 12.2. The lowest BCUT2D eigenvalue weighted by molar-refractivity contribution is 1.12. The van der Waals surface area contributed by atoms with Crippen molar-refractivity contribution < 1.29 is 0 Å². The van der Waals surface area contributed by atoms with Gasteiger partial charge in [-0.2, -0.15) is 0 Å². The summed E-state index contributed by atoms with van der Waals surface area (Å²) in [6, 6.07) is 0. The largest absolute Gasteiger partial charge is 0.0447 e. The summed E-state index contributed by atoms with van der Waals surface area (Å²) in [5.74, 6) is 0. The average Bonchev–Trinajstić information content (AvgIpc) is 3.53. The van der Waals surface area contributed by atoms with Crippen LogP contribution in [-0.4, -0.2) is 0 Å². The van der Waals surface area contributed by atoms with Crippen molar-refractivity contribution in [3.05, 3.63) is 122 Å². The van der Waals surface area contributed by atoms with Gasteiger partial charge in [-0.3, -0.25) is 0 Å². The van der Waals surface area contributed by atoms with Crippen LogP contribution in [0.5, 0.6) is 0 Å². The lowest BCUT2D eigenvalue weighted by Gasteiger charge is -2.31. The normalized spacial score (nSPS) is 12.5. The van der Waals surface area contributed by atoms with E-state index >= 15 is 0 Å². The monoisotopic (exact) mass is 698 g/mol.